The Hall–Kier alpha value is -3.94. The minimum absolute atomic E-state index is 0.251. The van der Waals surface area contributed by atoms with E-state index < -0.39 is 23.9 Å². The van der Waals surface area contributed by atoms with E-state index in [2.05, 4.69) is 16.0 Å². The number of benzene rings is 2. The molecule has 2 N–H and O–H groups in total. The van der Waals surface area contributed by atoms with E-state index in [0.717, 1.165) is 24.2 Å². The molecule has 0 bridgehead atoms. The minimum atomic E-state index is -1.12. The van der Waals surface area contributed by atoms with Crippen LogP contribution in [0, 0.1) is 0 Å². The molecule has 1 aromatic heterocycles. The Balaban J connectivity index is 1.41. The second-order valence-electron chi connectivity index (χ2n) is 7.33. The number of hydrogen-bond donors (Lipinski definition) is 2. The van der Waals surface area contributed by atoms with E-state index in [1.165, 1.54) is 11.6 Å². The van der Waals surface area contributed by atoms with Crippen molar-refractivity contribution in [2.45, 2.75) is 31.8 Å². The van der Waals surface area contributed by atoms with Gasteiger partial charge in [0.25, 0.3) is 11.8 Å². The molecule has 158 valence electrons. The van der Waals surface area contributed by atoms with E-state index >= 15 is 0 Å². The zero-order valence-electron chi connectivity index (χ0n) is 16.9. The van der Waals surface area contributed by atoms with E-state index in [0.29, 0.717) is 11.5 Å². The molecular formula is C23H22N4O4. The van der Waals surface area contributed by atoms with Crippen molar-refractivity contribution in [3.63, 3.8) is 0 Å². The van der Waals surface area contributed by atoms with Gasteiger partial charge in [-0.1, -0.05) is 36.4 Å². The maximum Gasteiger partial charge on any atom is 0.357 e. The molecule has 1 atom stereocenters. The summed E-state index contributed by atoms with van der Waals surface area (Å²) in [5.41, 5.74) is 6.80. The average Bonchev–Trinajstić information content (AvgIpc) is 3.56. The van der Waals surface area contributed by atoms with Gasteiger partial charge in [0, 0.05) is 11.5 Å². The number of amides is 2. The SMILES string of the molecule is C[C@H](OC(=O)c1cc(C2CC2)nn1-c1ccccc1)C(=O)NNC(=O)c1ccccc1. The van der Waals surface area contributed by atoms with Crippen LogP contribution in [0.2, 0.25) is 0 Å². The van der Waals surface area contributed by atoms with Crippen molar-refractivity contribution in [2.24, 2.45) is 0 Å². The number of hydrogen-bond acceptors (Lipinski definition) is 5. The summed E-state index contributed by atoms with van der Waals surface area (Å²) in [4.78, 5) is 37.2. The Labute approximate surface area is 179 Å². The molecule has 1 aliphatic carbocycles. The molecule has 2 amide bonds. The van der Waals surface area contributed by atoms with Crippen LogP contribution in [0.4, 0.5) is 0 Å². The zero-order valence-corrected chi connectivity index (χ0v) is 16.9. The Morgan fingerprint density at radius 1 is 1.00 bits per heavy atom. The Kier molecular flexibility index (Phi) is 5.79. The molecule has 31 heavy (non-hydrogen) atoms. The fourth-order valence-corrected chi connectivity index (χ4v) is 3.05. The van der Waals surface area contributed by atoms with Crippen molar-refractivity contribution < 1.29 is 19.1 Å². The third-order valence-corrected chi connectivity index (χ3v) is 4.92. The molecule has 3 aromatic rings. The fourth-order valence-electron chi connectivity index (χ4n) is 3.05. The van der Waals surface area contributed by atoms with Gasteiger partial charge in [-0.3, -0.25) is 20.4 Å². The molecule has 1 saturated carbocycles. The first-order valence-corrected chi connectivity index (χ1v) is 10.0. The number of carbonyl (C=O) groups excluding carboxylic acids is 3. The molecule has 1 aliphatic rings. The lowest BCUT2D eigenvalue weighted by Gasteiger charge is -2.14. The van der Waals surface area contributed by atoms with Crippen molar-refractivity contribution in [2.75, 3.05) is 0 Å². The summed E-state index contributed by atoms with van der Waals surface area (Å²) < 4.78 is 6.89. The van der Waals surface area contributed by atoms with Gasteiger partial charge in [-0.25, -0.2) is 9.48 Å². The topological polar surface area (TPSA) is 102 Å². The van der Waals surface area contributed by atoms with Gasteiger partial charge in [-0.2, -0.15) is 5.10 Å². The third kappa shape index (κ3) is 4.80. The van der Waals surface area contributed by atoms with Crippen LogP contribution < -0.4 is 10.9 Å². The average molecular weight is 418 g/mol. The molecular weight excluding hydrogens is 396 g/mol. The molecule has 4 rings (SSSR count). The highest BCUT2D eigenvalue weighted by Crippen LogP contribution is 2.39. The number of aromatic nitrogens is 2. The highest BCUT2D eigenvalue weighted by atomic mass is 16.5. The third-order valence-electron chi connectivity index (χ3n) is 4.92. The second kappa shape index (κ2) is 8.83. The van der Waals surface area contributed by atoms with Crippen LogP contribution in [-0.2, 0) is 9.53 Å². The number of hydrazine groups is 1. The predicted molar refractivity (Wildman–Crippen MR) is 112 cm³/mol. The molecule has 8 nitrogen and oxygen atoms in total. The van der Waals surface area contributed by atoms with Crippen molar-refractivity contribution in [3.8, 4) is 5.69 Å². The normalized spacial score (nSPS) is 13.8. The summed E-state index contributed by atoms with van der Waals surface area (Å²) in [6.45, 7) is 1.44. The number of para-hydroxylation sites is 1. The number of nitrogens with zero attached hydrogens (tertiary/aromatic N) is 2. The number of nitrogens with one attached hydrogen (secondary N) is 2. The van der Waals surface area contributed by atoms with Gasteiger partial charge in [0.1, 0.15) is 0 Å². The van der Waals surface area contributed by atoms with Crippen molar-refractivity contribution in [1.29, 1.82) is 0 Å². The molecule has 8 heteroatoms. The standard InChI is InChI=1S/C23H22N4O4/c1-15(21(28)24-25-22(29)17-8-4-2-5-9-17)31-23(30)20-14-19(16-12-13-16)26-27(20)18-10-6-3-7-11-18/h2-11,14-16H,12-13H2,1H3,(H,24,28)(H,25,29)/t15-/m0/s1. The summed E-state index contributed by atoms with van der Waals surface area (Å²) in [7, 11) is 0. The van der Waals surface area contributed by atoms with Crippen molar-refractivity contribution in [3.05, 3.63) is 83.7 Å². The number of rotatable bonds is 6. The molecule has 1 heterocycles. The van der Waals surface area contributed by atoms with Gasteiger partial charge < -0.3 is 4.74 Å². The van der Waals surface area contributed by atoms with Crippen LogP contribution in [0.25, 0.3) is 5.69 Å². The van der Waals surface area contributed by atoms with Crippen LogP contribution in [0.5, 0.6) is 0 Å². The number of carbonyl (C=O) groups is 3. The maximum atomic E-state index is 12.8. The van der Waals surface area contributed by atoms with Gasteiger partial charge in [0.2, 0.25) is 0 Å². The molecule has 0 aliphatic heterocycles. The monoisotopic (exact) mass is 418 g/mol. The molecule has 0 saturated heterocycles. The summed E-state index contributed by atoms with van der Waals surface area (Å²) in [6.07, 6.45) is 0.965. The quantitative estimate of drug-likeness (QED) is 0.473. The van der Waals surface area contributed by atoms with Crippen LogP contribution in [0.15, 0.2) is 66.7 Å². The van der Waals surface area contributed by atoms with Crippen LogP contribution in [-0.4, -0.2) is 33.7 Å². The molecule has 0 radical (unpaired) electrons. The molecule has 2 aromatic carbocycles. The zero-order chi connectivity index (χ0) is 21.8. The van der Waals surface area contributed by atoms with Gasteiger partial charge in [-0.05, 0) is 50.1 Å². The lowest BCUT2D eigenvalue weighted by molar-refractivity contribution is -0.129. The predicted octanol–water partition coefficient (Wildman–Crippen LogP) is 2.76. The Morgan fingerprint density at radius 3 is 2.29 bits per heavy atom. The minimum Gasteiger partial charge on any atom is -0.448 e. The van der Waals surface area contributed by atoms with Gasteiger partial charge >= 0.3 is 5.97 Å². The summed E-state index contributed by atoms with van der Waals surface area (Å²) >= 11 is 0. The van der Waals surface area contributed by atoms with Crippen molar-refractivity contribution in [1.82, 2.24) is 20.6 Å². The number of esters is 1. The van der Waals surface area contributed by atoms with Gasteiger partial charge in [0.15, 0.2) is 11.8 Å². The van der Waals surface area contributed by atoms with Gasteiger partial charge in [0.05, 0.1) is 11.4 Å². The van der Waals surface area contributed by atoms with E-state index in [-0.39, 0.29) is 5.69 Å². The summed E-state index contributed by atoms with van der Waals surface area (Å²) in [5, 5.41) is 4.57. The van der Waals surface area contributed by atoms with Gasteiger partial charge in [-0.15, -0.1) is 0 Å². The number of ether oxygens (including phenoxy) is 1. The van der Waals surface area contributed by atoms with Crippen LogP contribution in [0.3, 0.4) is 0 Å². The van der Waals surface area contributed by atoms with E-state index in [9.17, 15) is 14.4 Å². The summed E-state index contributed by atoms with van der Waals surface area (Å²) in [5.74, 6) is -1.43. The molecule has 0 unspecified atom stereocenters. The highest BCUT2D eigenvalue weighted by Gasteiger charge is 2.30. The first-order valence-electron chi connectivity index (χ1n) is 10.0. The first kappa shape index (κ1) is 20.3. The lowest BCUT2D eigenvalue weighted by atomic mass is 10.2. The van der Waals surface area contributed by atoms with E-state index in [1.807, 2.05) is 30.3 Å². The lowest BCUT2D eigenvalue weighted by Crippen LogP contribution is -2.46. The smallest absolute Gasteiger partial charge is 0.357 e. The fraction of sp³-hybridized carbons (Fsp3) is 0.217. The highest BCUT2D eigenvalue weighted by molar-refractivity contribution is 5.96. The molecule has 0 spiro atoms. The van der Waals surface area contributed by atoms with E-state index in [4.69, 9.17) is 4.74 Å². The summed E-state index contributed by atoms with van der Waals surface area (Å²) in [6, 6.07) is 19.4. The van der Waals surface area contributed by atoms with Crippen LogP contribution in [0.1, 0.15) is 52.2 Å². The maximum absolute atomic E-state index is 12.8. The van der Waals surface area contributed by atoms with Crippen molar-refractivity contribution >= 4 is 17.8 Å². The second-order valence-corrected chi connectivity index (χ2v) is 7.33. The largest absolute Gasteiger partial charge is 0.448 e. The molecule has 1 fully saturated rings. The van der Waals surface area contributed by atoms with Crippen LogP contribution >= 0.6 is 0 Å². The Morgan fingerprint density at radius 2 is 1.65 bits per heavy atom. The first-order chi connectivity index (χ1) is 15.0. The Bertz CT molecular complexity index is 1090. The van der Waals surface area contributed by atoms with E-state index in [1.54, 1.807) is 36.4 Å².